The van der Waals surface area contributed by atoms with Crippen LogP contribution in [0, 0.1) is 5.92 Å². The van der Waals surface area contributed by atoms with E-state index in [2.05, 4.69) is 5.32 Å². The predicted molar refractivity (Wildman–Crippen MR) is 88.3 cm³/mol. The molecule has 1 aliphatic carbocycles. The molecule has 1 atom stereocenters. The van der Waals surface area contributed by atoms with E-state index in [9.17, 15) is 4.79 Å². The lowest BCUT2D eigenvalue weighted by molar-refractivity contribution is -0.126. The van der Waals surface area contributed by atoms with Crippen molar-refractivity contribution < 1.29 is 9.53 Å². The third-order valence-electron chi connectivity index (χ3n) is 3.90. The van der Waals surface area contributed by atoms with E-state index in [1.54, 1.807) is 19.1 Å². The van der Waals surface area contributed by atoms with Crippen molar-refractivity contribution in [2.75, 3.05) is 11.9 Å². The second-order valence-electron chi connectivity index (χ2n) is 5.53. The molecule has 1 aromatic rings. The van der Waals surface area contributed by atoms with Gasteiger partial charge in [0, 0.05) is 17.9 Å². The molecule has 0 bridgehead atoms. The first-order valence-corrected chi connectivity index (χ1v) is 7.79. The van der Waals surface area contributed by atoms with Crippen LogP contribution in [0.2, 0.25) is 0 Å². The molecule has 0 radical (unpaired) electrons. The van der Waals surface area contributed by atoms with Crippen molar-refractivity contribution in [2.45, 2.75) is 38.7 Å². The Morgan fingerprint density at radius 1 is 1.52 bits per heavy atom. The number of benzene rings is 1. The summed E-state index contributed by atoms with van der Waals surface area (Å²) in [7, 11) is 0. The predicted octanol–water partition coefficient (Wildman–Crippen LogP) is 2.85. The lowest BCUT2D eigenvalue weighted by atomic mass is 9.83. The van der Waals surface area contributed by atoms with Crippen LogP contribution in [0.15, 0.2) is 24.3 Å². The summed E-state index contributed by atoms with van der Waals surface area (Å²) in [6.07, 6.45) is 4.53. The summed E-state index contributed by atoms with van der Waals surface area (Å²) in [5.41, 5.74) is 7.00. The molecule has 5 heteroatoms. The molecule has 1 fully saturated rings. The minimum absolute atomic E-state index is 0.149. The van der Waals surface area contributed by atoms with Gasteiger partial charge in [0.1, 0.15) is 11.1 Å². The van der Waals surface area contributed by atoms with Gasteiger partial charge in [-0.05, 0) is 31.4 Å². The van der Waals surface area contributed by atoms with Crippen molar-refractivity contribution in [1.29, 1.82) is 0 Å². The van der Waals surface area contributed by atoms with Crippen LogP contribution in [-0.2, 0) is 9.53 Å². The summed E-state index contributed by atoms with van der Waals surface area (Å²) in [6, 6.07) is 7.20. The van der Waals surface area contributed by atoms with Gasteiger partial charge in [-0.1, -0.05) is 43.6 Å². The zero-order chi connectivity index (χ0) is 15.2. The van der Waals surface area contributed by atoms with Crippen LogP contribution in [0.4, 0.5) is 5.69 Å². The Morgan fingerprint density at radius 2 is 2.29 bits per heavy atom. The van der Waals surface area contributed by atoms with Crippen LogP contribution < -0.4 is 11.1 Å². The molecule has 1 saturated carbocycles. The lowest BCUT2D eigenvalue weighted by Crippen LogP contribution is -2.29. The number of rotatable bonds is 7. The number of thiocarbonyl (C=S) groups is 1. The Bertz CT molecular complexity index is 515. The molecule has 114 valence electrons. The van der Waals surface area contributed by atoms with Crippen LogP contribution in [0.3, 0.4) is 0 Å². The fourth-order valence-corrected chi connectivity index (χ4v) is 2.39. The first-order chi connectivity index (χ1) is 10.1. The number of amides is 1. The number of nitrogens with two attached hydrogens (primary N) is 1. The van der Waals surface area contributed by atoms with Gasteiger partial charge in [-0.25, -0.2) is 0 Å². The van der Waals surface area contributed by atoms with Crippen LogP contribution >= 0.6 is 12.2 Å². The minimum Gasteiger partial charge on any atom is -0.389 e. The molecule has 0 aliphatic heterocycles. The zero-order valence-corrected chi connectivity index (χ0v) is 13.1. The largest absolute Gasteiger partial charge is 0.389 e. The van der Waals surface area contributed by atoms with E-state index in [0.29, 0.717) is 17.3 Å². The number of ether oxygens (including phenoxy) is 1. The van der Waals surface area contributed by atoms with E-state index in [1.165, 1.54) is 19.3 Å². The fourth-order valence-electron chi connectivity index (χ4n) is 2.26. The van der Waals surface area contributed by atoms with Gasteiger partial charge in [0.05, 0.1) is 0 Å². The average molecular weight is 306 g/mol. The summed E-state index contributed by atoms with van der Waals surface area (Å²) in [5.74, 6) is 0.645. The Morgan fingerprint density at radius 3 is 2.90 bits per heavy atom. The van der Waals surface area contributed by atoms with Crippen molar-refractivity contribution in [2.24, 2.45) is 11.7 Å². The molecule has 0 heterocycles. The fraction of sp³-hybridized carbons (Fsp3) is 0.500. The molecule has 0 saturated heterocycles. The molecule has 4 nitrogen and oxygen atoms in total. The summed E-state index contributed by atoms with van der Waals surface area (Å²) >= 11 is 4.93. The molecule has 1 aliphatic rings. The Hall–Kier alpha value is -1.46. The lowest BCUT2D eigenvalue weighted by Gasteiger charge is -2.25. The van der Waals surface area contributed by atoms with Gasteiger partial charge >= 0.3 is 0 Å². The van der Waals surface area contributed by atoms with E-state index in [0.717, 1.165) is 17.9 Å². The van der Waals surface area contributed by atoms with Gasteiger partial charge in [-0.3, -0.25) is 4.79 Å². The maximum Gasteiger partial charge on any atom is 0.253 e. The number of hydrogen-bond acceptors (Lipinski definition) is 3. The summed E-state index contributed by atoms with van der Waals surface area (Å²) in [6.45, 7) is 2.42. The first-order valence-electron chi connectivity index (χ1n) is 7.38. The van der Waals surface area contributed by atoms with Crippen molar-refractivity contribution >= 4 is 28.8 Å². The molecule has 0 aromatic heterocycles. The molecule has 1 unspecified atom stereocenters. The summed E-state index contributed by atoms with van der Waals surface area (Å²) < 4.78 is 5.60. The molecule has 2 rings (SSSR count). The third-order valence-corrected chi connectivity index (χ3v) is 4.14. The summed E-state index contributed by atoms with van der Waals surface area (Å²) in [5, 5.41) is 2.82. The number of nitrogens with one attached hydrogen (secondary N) is 1. The SMILES string of the molecule is CC(OCCC1CCC1)C(=O)Nc1cccc(C(N)=S)c1. The second kappa shape index (κ2) is 7.52. The number of anilines is 1. The summed E-state index contributed by atoms with van der Waals surface area (Å²) in [4.78, 5) is 12.4. The van der Waals surface area contributed by atoms with Gasteiger partial charge in [0.2, 0.25) is 0 Å². The van der Waals surface area contributed by atoms with Crippen molar-refractivity contribution in [1.82, 2.24) is 0 Å². The molecule has 1 aromatic carbocycles. The van der Waals surface area contributed by atoms with Crippen LogP contribution in [-0.4, -0.2) is 23.6 Å². The minimum atomic E-state index is -0.460. The van der Waals surface area contributed by atoms with Crippen molar-refractivity contribution in [3.05, 3.63) is 29.8 Å². The van der Waals surface area contributed by atoms with Gasteiger partial charge in [0.15, 0.2) is 0 Å². The standard InChI is InChI=1S/C16H22N2O2S/c1-11(20-9-8-12-4-2-5-12)16(19)18-14-7-3-6-13(10-14)15(17)21/h3,6-7,10-12H,2,4-5,8-9H2,1H3,(H2,17,21)(H,18,19). The molecule has 21 heavy (non-hydrogen) atoms. The highest BCUT2D eigenvalue weighted by molar-refractivity contribution is 7.80. The monoisotopic (exact) mass is 306 g/mol. The number of hydrogen-bond donors (Lipinski definition) is 2. The van der Waals surface area contributed by atoms with Gasteiger partial charge in [-0.2, -0.15) is 0 Å². The molecule has 3 N–H and O–H groups in total. The van der Waals surface area contributed by atoms with Gasteiger partial charge in [0.25, 0.3) is 5.91 Å². The maximum atomic E-state index is 12.1. The smallest absolute Gasteiger partial charge is 0.253 e. The Kier molecular flexibility index (Phi) is 5.70. The van der Waals surface area contributed by atoms with Crippen LogP contribution in [0.1, 0.15) is 38.2 Å². The van der Waals surface area contributed by atoms with E-state index in [1.807, 2.05) is 12.1 Å². The van der Waals surface area contributed by atoms with Crippen molar-refractivity contribution in [3.8, 4) is 0 Å². The van der Waals surface area contributed by atoms with E-state index >= 15 is 0 Å². The highest BCUT2D eigenvalue weighted by Crippen LogP contribution is 2.29. The van der Waals surface area contributed by atoms with Gasteiger partial charge < -0.3 is 15.8 Å². The number of carbonyl (C=O) groups excluding carboxylic acids is 1. The van der Waals surface area contributed by atoms with Crippen LogP contribution in [0.25, 0.3) is 0 Å². The maximum absolute atomic E-state index is 12.1. The molecule has 1 amide bonds. The quantitative estimate of drug-likeness (QED) is 0.760. The van der Waals surface area contributed by atoms with E-state index in [4.69, 9.17) is 22.7 Å². The van der Waals surface area contributed by atoms with Crippen LogP contribution in [0.5, 0.6) is 0 Å². The van der Waals surface area contributed by atoms with E-state index in [-0.39, 0.29) is 5.91 Å². The molecular weight excluding hydrogens is 284 g/mol. The number of carbonyl (C=O) groups is 1. The highest BCUT2D eigenvalue weighted by atomic mass is 32.1. The Balaban J connectivity index is 1.79. The molecule has 0 spiro atoms. The topological polar surface area (TPSA) is 64.3 Å². The van der Waals surface area contributed by atoms with E-state index < -0.39 is 6.10 Å². The normalized spacial score (nSPS) is 16.0. The second-order valence-corrected chi connectivity index (χ2v) is 5.97. The van der Waals surface area contributed by atoms with Crippen molar-refractivity contribution in [3.63, 3.8) is 0 Å². The zero-order valence-electron chi connectivity index (χ0n) is 12.3. The average Bonchev–Trinajstić information content (AvgIpc) is 2.41. The van der Waals surface area contributed by atoms with Gasteiger partial charge in [-0.15, -0.1) is 0 Å². The highest BCUT2D eigenvalue weighted by Gasteiger charge is 2.19. The first kappa shape index (κ1) is 15.9. The third kappa shape index (κ3) is 4.79. The molecular formula is C16H22N2O2S. The Labute approximate surface area is 131 Å².